The molecule has 0 amide bonds. The molecule has 2 rings (SSSR count). The fourth-order valence-corrected chi connectivity index (χ4v) is 2.14. The van der Waals surface area contributed by atoms with Crippen LogP contribution < -0.4 is 10.1 Å². The van der Waals surface area contributed by atoms with Gasteiger partial charge in [0.05, 0.1) is 13.2 Å². The van der Waals surface area contributed by atoms with Gasteiger partial charge in [-0.25, -0.2) is 0 Å². The third-order valence-corrected chi connectivity index (χ3v) is 3.23. The van der Waals surface area contributed by atoms with Crippen molar-refractivity contribution in [2.45, 2.75) is 25.9 Å². The molecule has 2 aromatic rings. The third kappa shape index (κ3) is 3.12. The molecule has 19 heavy (non-hydrogen) atoms. The number of benzene rings is 1. The number of nitrogens with one attached hydrogen (secondary N) is 1. The first-order valence-electron chi connectivity index (χ1n) is 6.35. The van der Waals surface area contributed by atoms with Gasteiger partial charge in [-0.05, 0) is 31.5 Å². The van der Waals surface area contributed by atoms with Crippen LogP contribution in [0.1, 0.15) is 37.3 Å². The molecule has 0 saturated heterocycles. The van der Waals surface area contributed by atoms with Crippen LogP contribution in [0.25, 0.3) is 0 Å². The number of aryl methyl sites for hydroxylation is 1. The van der Waals surface area contributed by atoms with Crippen LogP contribution in [0.3, 0.4) is 0 Å². The molecular weight excluding hydrogens is 240 g/mol. The van der Waals surface area contributed by atoms with E-state index in [1.54, 1.807) is 13.4 Å². The molecule has 5 heteroatoms. The molecule has 5 nitrogen and oxygen atoms in total. The van der Waals surface area contributed by atoms with Crippen LogP contribution in [0.2, 0.25) is 0 Å². The molecule has 0 saturated carbocycles. The van der Waals surface area contributed by atoms with E-state index in [1.807, 2.05) is 29.8 Å². The maximum absolute atomic E-state index is 5.25. The zero-order valence-electron chi connectivity index (χ0n) is 11.8. The number of nitrogens with zero attached hydrogens (tertiary/aromatic N) is 3. The Bertz CT molecular complexity index is 538. The topological polar surface area (TPSA) is 52.0 Å². The van der Waals surface area contributed by atoms with Crippen LogP contribution in [-0.4, -0.2) is 21.9 Å². The van der Waals surface area contributed by atoms with Gasteiger partial charge in [-0.2, -0.15) is 0 Å². The van der Waals surface area contributed by atoms with E-state index < -0.39 is 0 Å². The summed E-state index contributed by atoms with van der Waals surface area (Å²) in [5.74, 6) is 1.80. The maximum atomic E-state index is 5.25. The number of methoxy groups -OCH3 is 1. The molecule has 0 fully saturated rings. The van der Waals surface area contributed by atoms with Crippen LogP contribution in [0.5, 0.6) is 5.75 Å². The summed E-state index contributed by atoms with van der Waals surface area (Å²) >= 11 is 0. The second kappa shape index (κ2) is 5.84. The summed E-state index contributed by atoms with van der Waals surface area (Å²) < 4.78 is 7.17. The van der Waals surface area contributed by atoms with Crippen LogP contribution >= 0.6 is 0 Å². The van der Waals surface area contributed by atoms with Gasteiger partial charge in [0.2, 0.25) is 0 Å². The smallest absolute Gasteiger partial charge is 0.149 e. The summed E-state index contributed by atoms with van der Waals surface area (Å²) in [6, 6.07) is 8.42. The standard InChI is InChI=1S/C14H20N4O/c1-10(12-6-5-7-13(8-12)19-4)16-11(2)14-17-15-9-18(14)3/h5-11,16H,1-4H3. The van der Waals surface area contributed by atoms with Crippen molar-refractivity contribution in [1.82, 2.24) is 20.1 Å². The summed E-state index contributed by atoms with van der Waals surface area (Å²) in [6.45, 7) is 4.21. The minimum absolute atomic E-state index is 0.133. The summed E-state index contributed by atoms with van der Waals surface area (Å²) in [6.07, 6.45) is 1.71. The molecule has 1 heterocycles. The van der Waals surface area contributed by atoms with Gasteiger partial charge >= 0.3 is 0 Å². The molecule has 1 N–H and O–H groups in total. The molecule has 2 atom stereocenters. The Labute approximate surface area is 113 Å². The minimum Gasteiger partial charge on any atom is -0.497 e. The Morgan fingerprint density at radius 3 is 2.68 bits per heavy atom. The van der Waals surface area contributed by atoms with E-state index in [2.05, 4.69) is 35.4 Å². The quantitative estimate of drug-likeness (QED) is 0.895. The highest BCUT2D eigenvalue weighted by Gasteiger charge is 2.15. The Balaban J connectivity index is 2.08. The van der Waals surface area contributed by atoms with Gasteiger partial charge in [-0.15, -0.1) is 10.2 Å². The molecule has 102 valence electrons. The average molecular weight is 260 g/mol. The summed E-state index contributed by atoms with van der Waals surface area (Å²) in [7, 11) is 3.63. The molecule has 1 aromatic carbocycles. The van der Waals surface area contributed by atoms with E-state index in [-0.39, 0.29) is 12.1 Å². The molecule has 1 aromatic heterocycles. The Hall–Kier alpha value is -1.88. The first-order valence-corrected chi connectivity index (χ1v) is 6.35. The van der Waals surface area contributed by atoms with E-state index >= 15 is 0 Å². The number of hydrogen-bond acceptors (Lipinski definition) is 4. The van der Waals surface area contributed by atoms with Gasteiger partial charge in [-0.3, -0.25) is 0 Å². The van der Waals surface area contributed by atoms with E-state index in [9.17, 15) is 0 Å². The van der Waals surface area contributed by atoms with Crippen molar-refractivity contribution in [2.24, 2.45) is 7.05 Å². The molecule has 0 aliphatic heterocycles. The Morgan fingerprint density at radius 2 is 2.05 bits per heavy atom. The maximum Gasteiger partial charge on any atom is 0.149 e. The molecule has 2 unspecified atom stereocenters. The predicted octanol–water partition coefficient (Wildman–Crippen LogP) is 2.24. The molecular formula is C14H20N4O. The molecule has 0 spiro atoms. The lowest BCUT2D eigenvalue weighted by molar-refractivity contribution is 0.411. The minimum atomic E-state index is 0.133. The summed E-state index contributed by atoms with van der Waals surface area (Å²) in [5.41, 5.74) is 1.19. The number of hydrogen-bond donors (Lipinski definition) is 1. The first-order chi connectivity index (χ1) is 9.11. The van der Waals surface area contributed by atoms with E-state index in [0.717, 1.165) is 11.6 Å². The number of aromatic nitrogens is 3. The zero-order chi connectivity index (χ0) is 13.8. The Kier molecular flexibility index (Phi) is 4.16. The summed E-state index contributed by atoms with van der Waals surface area (Å²) in [5, 5.41) is 11.5. The Morgan fingerprint density at radius 1 is 1.26 bits per heavy atom. The molecule has 0 bridgehead atoms. The monoisotopic (exact) mass is 260 g/mol. The van der Waals surface area contributed by atoms with Gasteiger partial charge in [0, 0.05) is 13.1 Å². The number of rotatable bonds is 5. The van der Waals surface area contributed by atoms with E-state index in [1.165, 1.54) is 5.56 Å². The molecule has 0 aliphatic carbocycles. The van der Waals surface area contributed by atoms with Gasteiger partial charge in [0.15, 0.2) is 0 Å². The largest absolute Gasteiger partial charge is 0.497 e. The van der Waals surface area contributed by atoms with Crippen molar-refractivity contribution in [3.05, 3.63) is 42.0 Å². The lowest BCUT2D eigenvalue weighted by Gasteiger charge is -2.20. The third-order valence-electron chi connectivity index (χ3n) is 3.23. The highest BCUT2D eigenvalue weighted by atomic mass is 16.5. The van der Waals surface area contributed by atoms with Gasteiger partial charge in [0.1, 0.15) is 17.9 Å². The first kappa shape index (κ1) is 13.5. The SMILES string of the molecule is COc1cccc(C(C)NC(C)c2nncn2C)c1. The van der Waals surface area contributed by atoms with Crippen LogP contribution in [-0.2, 0) is 7.05 Å². The fraction of sp³-hybridized carbons (Fsp3) is 0.429. The lowest BCUT2D eigenvalue weighted by atomic mass is 10.1. The van der Waals surface area contributed by atoms with E-state index in [0.29, 0.717) is 0 Å². The van der Waals surface area contributed by atoms with Crippen molar-refractivity contribution >= 4 is 0 Å². The lowest BCUT2D eigenvalue weighted by Crippen LogP contribution is -2.24. The molecule has 0 radical (unpaired) electrons. The highest BCUT2D eigenvalue weighted by Crippen LogP contribution is 2.21. The van der Waals surface area contributed by atoms with Crippen molar-refractivity contribution < 1.29 is 4.74 Å². The van der Waals surface area contributed by atoms with E-state index in [4.69, 9.17) is 4.74 Å². The van der Waals surface area contributed by atoms with Gasteiger partial charge in [0.25, 0.3) is 0 Å². The van der Waals surface area contributed by atoms with Crippen molar-refractivity contribution in [3.63, 3.8) is 0 Å². The second-order valence-electron chi connectivity index (χ2n) is 4.69. The van der Waals surface area contributed by atoms with Crippen molar-refractivity contribution in [2.75, 3.05) is 7.11 Å². The van der Waals surface area contributed by atoms with Crippen molar-refractivity contribution in [3.8, 4) is 5.75 Å². The number of ether oxygens (including phenoxy) is 1. The van der Waals surface area contributed by atoms with Gasteiger partial charge < -0.3 is 14.6 Å². The normalized spacial score (nSPS) is 14.1. The van der Waals surface area contributed by atoms with Gasteiger partial charge in [-0.1, -0.05) is 12.1 Å². The fourth-order valence-electron chi connectivity index (χ4n) is 2.14. The zero-order valence-corrected chi connectivity index (χ0v) is 11.8. The second-order valence-corrected chi connectivity index (χ2v) is 4.69. The summed E-state index contributed by atoms with van der Waals surface area (Å²) in [4.78, 5) is 0. The van der Waals surface area contributed by atoms with Crippen LogP contribution in [0.15, 0.2) is 30.6 Å². The highest BCUT2D eigenvalue weighted by molar-refractivity contribution is 5.30. The van der Waals surface area contributed by atoms with Crippen LogP contribution in [0.4, 0.5) is 0 Å². The van der Waals surface area contributed by atoms with Crippen molar-refractivity contribution in [1.29, 1.82) is 0 Å². The predicted molar refractivity (Wildman–Crippen MR) is 74.0 cm³/mol. The molecule has 0 aliphatic rings. The average Bonchev–Trinajstić information content (AvgIpc) is 2.85. The van der Waals surface area contributed by atoms with Crippen LogP contribution in [0, 0.1) is 0 Å².